The molecule has 2 heterocycles. The molecule has 0 radical (unpaired) electrons. The summed E-state index contributed by atoms with van der Waals surface area (Å²) in [5, 5.41) is 7.61. The average Bonchev–Trinajstić information content (AvgIpc) is 3.31. The molecule has 0 aliphatic heterocycles. The van der Waals surface area contributed by atoms with Crippen LogP contribution in [-0.2, 0) is 11.2 Å². The van der Waals surface area contributed by atoms with Crippen molar-refractivity contribution in [3.05, 3.63) is 52.5 Å². The van der Waals surface area contributed by atoms with Gasteiger partial charge in [-0.25, -0.2) is 4.98 Å². The second-order valence-corrected chi connectivity index (χ2v) is 7.72. The third kappa shape index (κ3) is 4.95. The monoisotopic (exact) mass is 384 g/mol. The lowest BCUT2D eigenvalue weighted by molar-refractivity contribution is -0.123. The number of aromatic nitrogens is 2. The molecule has 2 amide bonds. The van der Waals surface area contributed by atoms with E-state index >= 15 is 0 Å². The predicted octanol–water partition coefficient (Wildman–Crippen LogP) is 3.13. The molecule has 6 nitrogen and oxygen atoms in total. The number of hydrogen-bond donors (Lipinski definition) is 3. The number of fused-ring (bicyclic) bond motifs is 1. The molecular weight excluding hydrogens is 360 g/mol. The molecule has 142 valence electrons. The zero-order chi connectivity index (χ0) is 19.2. The van der Waals surface area contributed by atoms with Gasteiger partial charge in [0.15, 0.2) is 0 Å². The van der Waals surface area contributed by atoms with Crippen molar-refractivity contribution in [2.24, 2.45) is 5.92 Å². The normalized spacial score (nSPS) is 12.3. The van der Waals surface area contributed by atoms with Crippen LogP contribution in [0.15, 0.2) is 41.8 Å². The standard InChI is InChI=1S/C20H24N4O2S/c1-13(2)18(24-19(25)16-9-6-12-27-16)20(26)21-11-5-10-17-22-14-7-3-4-8-15(14)23-17/h3-4,6-9,12-13,18H,5,10-11H2,1-2H3,(H,21,26)(H,22,23)(H,24,25)/t18-/m0/s1. The summed E-state index contributed by atoms with van der Waals surface area (Å²) in [4.78, 5) is 33.2. The number of H-pyrrole nitrogens is 1. The van der Waals surface area contributed by atoms with Crippen molar-refractivity contribution < 1.29 is 9.59 Å². The molecule has 3 aromatic rings. The van der Waals surface area contributed by atoms with E-state index in [0.717, 1.165) is 29.7 Å². The number of amides is 2. The molecule has 1 atom stereocenters. The summed E-state index contributed by atoms with van der Waals surface area (Å²) in [6.07, 6.45) is 1.53. The van der Waals surface area contributed by atoms with Gasteiger partial charge in [-0.3, -0.25) is 9.59 Å². The first-order chi connectivity index (χ1) is 13.0. The lowest BCUT2D eigenvalue weighted by atomic mass is 10.0. The van der Waals surface area contributed by atoms with Crippen LogP contribution in [-0.4, -0.2) is 34.4 Å². The molecule has 7 heteroatoms. The first kappa shape index (κ1) is 19.1. The van der Waals surface area contributed by atoms with Gasteiger partial charge < -0.3 is 15.6 Å². The number of aryl methyl sites for hydroxylation is 1. The number of nitrogens with zero attached hydrogens (tertiary/aromatic N) is 1. The first-order valence-corrected chi connectivity index (χ1v) is 9.98. The highest BCUT2D eigenvalue weighted by atomic mass is 32.1. The molecule has 3 N–H and O–H groups in total. The summed E-state index contributed by atoms with van der Waals surface area (Å²) in [6, 6.07) is 10.9. The van der Waals surface area contributed by atoms with Gasteiger partial charge in [0.05, 0.1) is 15.9 Å². The van der Waals surface area contributed by atoms with E-state index in [0.29, 0.717) is 11.4 Å². The molecule has 0 saturated heterocycles. The fourth-order valence-electron chi connectivity index (χ4n) is 2.86. The van der Waals surface area contributed by atoms with Gasteiger partial charge in [-0.15, -0.1) is 11.3 Å². The van der Waals surface area contributed by atoms with E-state index in [9.17, 15) is 9.59 Å². The second-order valence-electron chi connectivity index (χ2n) is 6.77. The van der Waals surface area contributed by atoms with Gasteiger partial charge in [0.2, 0.25) is 5.91 Å². The van der Waals surface area contributed by atoms with E-state index in [1.54, 1.807) is 6.07 Å². The zero-order valence-corrected chi connectivity index (χ0v) is 16.3. The highest BCUT2D eigenvalue weighted by Gasteiger charge is 2.24. The Balaban J connectivity index is 1.48. The van der Waals surface area contributed by atoms with Gasteiger partial charge in [-0.1, -0.05) is 32.0 Å². The zero-order valence-electron chi connectivity index (χ0n) is 15.5. The van der Waals surface area contributed by atoms with Gasteiger partial charge in [-0.2, -0.15) is 0 Å². The third-order valence-corrected chi connectivity index (χ3v) is 5.18. The Bertz CT molecular complexity index is 869. The van der Waals surface area contributed by atoms with Crippen molar-refractivity contribution in [1.82, 2.24) is 20.6 Å². The van der Waals surface area contributed by atoms with Gasteiger partial charge in [-0.05, 0) is 35.9 Å². The molecule has 0 fully saturated rings. The van der Waals surface area contributed by atoms with E-state index in [-0.39, 0.29) is 17.7 Å². The van der Waals surface area contributed by atoms with Crippen molar-refractivity contribution in [2.75, 3.05) is 6.54 Å². The minimum Gasteiger partial charge on any atom is -0.354 e. The maximum absolute atomic E-state index is 12.5. The van der Waals surface area contributed by atoms with Crippen LogP contribution in [0.25, 0.3) is 11.0 Å². The Kier molecular flexibility index (Phi) is 6.24. The van der Waals surface area contributed by atoms with E-state index in [2.05, 4.69) is 20.6 Å². The fourth-order valence-corrected chi connectivity index (χ4v) is 3.48. The van der Waals surface area contributed by atoms with Crippen molar-refractivity contribution in [2.45, 2.75) is 32.7 Å². The van der Waals surface area contributed by atoms with Crippen LogP contribution in [0.4, 0.5) is 0 Å². The van der Waals surface area contributed by atoms with E-state index in [4.69, 9.17) is 0 Å². The maximum Gasteiger partial charge on any atom is 0.262 e. The van der Waals surface area contributed by atoms with Crippen molar-refractivity contribution in [3.8, 4) is 0 Å². The summed E-state index contributed by atoms with van der Waals surface area (Å²) >= 11 is 1.36. The minimum atomic E-state index is -0.550. The summed E-state index contributed by atoms with van der Waals surface area (Å²) in [5.41, 5.74) is 1.97. The van der Waals surface area contributed by atoms with E-state index in [1.807, 2.05) is 49.6 Å². The van der Waals surface area contributed by atoms with Crippen LogP contribution in [0.2, 0.25) is 0 Å². The lowest BCUT2D eigenvalue weighted by Crippen LogP contribution is -2.49. The summed E-state index contributed by atoms with van der Waals surface area (Å²) in [6.45, 7) is 4.38. The molecule has 0 aliphatic carbocycles. The minimum absolute atomic E-state index is 0.00397. The number of hydrogen-bond acceptors (Lipinski definition) is 4. The number of nitrogens with one attached hydrogen (secondary N) is 3. The molecular formula is C20H24N4O2S. The topological polar surface area (TPSA) is 86.9 Å². The van der Waals surface area contributed by atoms with E-state index < -0.39 is 6.04 Å². The van der Waals surface area contributed by atoms with Crippen molar-refractivity contribution >= 4 is 34.2 Å². The second kappa shape index (κ2) is 8.81. The Morgan fingerprint density at radius 2 is 2.00 bits per heavy atom. The number of benzene rings is 1. The summed E-state index contributed by atoms with van der Waals surface area (Å²) in [5.74, 6) is 0.557. The molecule has 27 heavy (non-hydrogen) atoms. The third-order valence-electron chi connectivity index (χ3n) is 4.31. The summed E-state index contributed by atoms with van der Waals surface area (Å²) < 4.78 is 0. The Hall–Kier alpha value is -2.67. The van der Waals surface area contributed by atoms with Gasteiger partial charge in [0, 0.05) is 13.0 Å². The van der Waals surface area contributed by atoms with Gasteiger partial charge in [0.1, 0.15) is 11.9 Å². The maximum atomic E-state index is 12.5. The number of aromatic amines is 1. The number of carbonyl (C=O) groups excluding carboxylic acids is 2. The summed E-state index contributed by atoms with van der Waals surface area (Å²) in [7, 11) is 0. The highest BCUT2D eigenvalue weighted by Crippen LogP contribution is 2.12. The number of para-hydroxylation sites is 2. The molecule has 1 aromatic carbocycles. The Morgan fingerprint density at radius 1 is 1.19 bits per heavy atom. The van der Waals surface area contributed by atoms with E-state index in [1.165, 1.54) is 11.3 Å². The fraction of sp³-hybridized carbons (Fsp3) is 0.350. The Labute approximate surface area is 162 Å². The molecule has 0 spiro atoms. The molecule has 0 unspecified atom stereocenters. The molecule has 3 rings (SSSR count). The number of thiophene rings is 1. The van der Waals surface area contributed by atoms with Crippen LogP contribution >= 0.6 is 11.3 Å². The highest BCUT2D eigenvalue weighted by molar-refractivity contribution is 7.12. The van der Waals surface area contributed by atoms with Crippen molar-refractivity contribution in [3.63, 3.8) is 0 Å². The molecule has 0 bridgehead atoms. The molecule has 0 aliphatic rings. The quantitative estimate of drug-likeness (QED) is 0.522. The number of carbonyl (C=O) groups is 2. The van der Waals surface area contributed by atoms with Crippen LogP contribution < -0.4 is 10.6 Å². The van der Waals surface area contributed by atoms with Crippen LogP contribution in [0, 0.1) is 5.92 Å². The predicted molar refractivity (Wildman–Crippen MR) is 108 cm³/mol. The van der Waals surface area contributed by atoms with Crippen LogP contribution in [0.3, 0.4) is 0 Å². The number of rotatable bonds is 8. The first-order valence-electron chi connectivity index (χ1n) is 9.10. The van der Waals surface area contributed by atoms with Crippen LogP contribution in [0.1, 0.15) is 35.8 Å². The van der Waals surface area contributed by atoms with Gasteiger partial charge in [0.25, 0.3) is 5.91 Å². The molecule has 2 aromatic heterocycles. The van der Waals surface area contributed by atoms with Gasteiger partial charge >= 0.3 is 0 Å². The molecule has 0 saturated carbocycles. The lowest BCUT2D eigenvalue weighted by Gasteiger charge is -2.21. The number of imidazole rings is 1. The van der Waals surface area contributed by atoms with Crippen molar-refractivity contribution in [1.29, 1.82) is 0 Å². The van der Waals surface area contributed by atoms with Crippen LogP contribution in [0.5, 0.6) is 0 Å². The smallest absolute Gasteiger partial charge is 0.262 e. The Morgan fingerprint density at radius 3 is 2.70 bits per heavy atom. The average molecular weight is 385 g/mol. The SMILES string of the molecule is CC(C)[C@H](NC(=O)c1cccs1)C(=O)NCCCc1nc2ccccc2[nH]1. The largest absolute Gasteiger partial charge is 0.354 e.